The van der Waals surface area contributed by atoms with Gasteiger partial charge < -0.3 is 19.0 Å². The molecule has 2 aromatic heterocycles. The number of aliphatic hydroxyl groups is 1. The number of ether oxygens (including phenoxy) is 2. The molecule has 20 heavy (non-hydrogen) atoms. The third-order valence-corrected chi connectivity index (χ3v) is 3.33. The number of hydrogen-bond donors (Lipinski definition) is 1. The van der Waals surface area contributed by atoms with E-state index in [1.165, 1.54) is 6.07 Å². The van der Waals surface area contributed by atoms with Gasteiger partial charge in [0.1, 0.15) is 0 Å². The summed E-state index contributed by atoms with van der Waals surface area (Å²) in [7, 11) is 0. The number of nitrogens with zero attached hydrogens (tertiary/aromatic N) is 1. The van der Waals surface area contributed by atoms with Gasteiger partial charge in [-0.15, -0.1) is 0 Å². The number of rotatable bonds is 2. The van der Waals surface area contributed by atoms with Crippen LogP contribution >= 0.6 is 15.9 Å². The molecule has 1 aliphatic heterocycles. The van der Waals surface area contributed by atoms with E-state index in [0.717, 1.165) is 0 Å². The van der Waals surface area contributed by atoms with E-state index in [-0.39, 0.29) is 18.1 Å². The number of carbonyl (C=O) groups is 1. The van der Waals surface area contributed by atoms with Crippen LogP contribution in [0.5, 0.6) is 5.75 Å². The van der Waals surface area contributed by atoms with E-state index in [1.807, 2.05) is 0 Å². The number of esters is 1. The topological polar surface area (TPSA) is 81.8 Å². The van der Waals surface area contributed by atoms with Gasteiger partial charge in [0.15, 0.2) is 16.7 Å². The summed E-state index contributed by atoms with van der Waals surface area (Å²) in [6, 6.07) is 4.66. The molecule has 1 N–H and O–H groups in total. The van der Waals surface area contributed by atoms with E-state index in [2.05, 4.69) is 20.9 Å². The van der Waals surface area contributed by atoms with Crippen LogP contribution in [0.2, 0.25) is 0 Å². The maximum absolute atomic E-state index is 11.9. The van der Waals surface area contributed by atoms with Crippen molar-refractivity contribution in [1.82, 2.24) is 4.98 Å². The molecule has 1 atom stereocenters. The van der Waals surface area contributed by atoms with Gasteiger partial charge in [0.05, 0.1) is 18.0 Å². The molecule has 0 aromatic carbocycles. The smallest absolute Gasteiger partial charge is 0.379 e. The van der Waals surface area contributed by atoms with Gasteiger partial charge in [-0.3, -0.25) is 4.98 Å². The van der Waals surface area contributed by atoms with E-state index in [0.29, 0.717) is 21.6 Å². The normalized spacial score (nSPS) is 17.1. The summed E-state index contributed by atoms with van der Waals surface area (Å²) in [6.45, 7) is 1.96. The highest BCUT2D eigenvalue weighted by Gasteiger charge is 2.25. The Hall–Kier alpha value is -1.70. The molecule has 0 spiro atoms. The largest absolute Gasteiger partial charge is 0.442 e. The van der Waals surface area contributed by atoms with Crippen LogP contribution in [0.25, 0.3) is 0 Å². The van der Waals surface area contributed by atoms with E-state index in [4.69, 9.17) is 13.9 Å². The second kappa shape index (κ2) is 5.01. The first-order valence-corrected chi connectivity index (χ1v) is 6.61. The maximum atomic E-state index is 11.9. The van der Waals surface area contributed by atoms with Gasteiger partial charge in [0.25, 0.3) is 0 Å². The summed E-state index contributed by atoms with van der Waals surface area (Å²) >= 11 is 3.11. The molecule has 3 rings (SSSR count). The quantitative estimate of drug-likeness (QED) is 0.846. The van der Waals surface area contributed by atoms with Crippen LogP contribution in [0, 0.1) is 6.92 Å². The van der Waals surface area contributed by atoms with Gasteiger partial charge in [-0.2, -0.15) is 0 Å². The van der Waals surface area contributed by atoms with Crippen LogP contribution in [-0.2, 0) is 11.3 Å². The van der Waals surface area contributed by atoms with Crippen molar-refractivity contribution in [2.45, 2.75) is 19.8 Å². The molecule has 0 saturated carbocycles. The lowest BCUT2D eigenvalue weighted by molar-refractivity contribution is -0.0921. The summed E-state index contributed by atoms with van der Waals surface area (Å²) in [5, 5.41) is 9.62. The minimum atomic E-state index is -1.03. The predicted octanol–water partition coefficient (Wildman–Crippen LogP) is 2.49. The van der Waals surface area contributed by atoms with Crippen LogP contribution in [-0.4, -0.2) is 16.1 Å². The summed E-state index contributed by atoms with van der Waals surface area (Å²) in [5.74, 6) is -0.284. The van der Waals surface area contributed by atoms with Crippen molar-refractivity contribution < 1.29 is 23.8 Å². The van der Waals surface area contributed by atoms with Crippen molar-refractivity contribution in [1.29, 1.82) is 0 Å². The average molecular weight is 340 g/mol. The van der Waals surface area contributed by atoms with Crippen molar-refractivity contribution in [3.05, 3.63) is 45.6 Å². The molecule has 0 amide bonds. The van der Waals surface area contributed by atoms with Crippen LogP contribution in [0.15, 0.2) is 27.3 Å². The Labute approximate surface area is 122 Å². The minimum absolute atomic E-state index is 0.0774. The molecule has 2 aromatic rings. The van der Waals surface area contributed by atoms with Crippen molar-refractivity contribution >= 4 is 21.9 Å². The molecular formula is C13H10BrNO5. The Morgan fingerprint density at radius 1 is 1.55 bits per heavy atom. The average Bonchev–Trinajstić information content (AvgIpc) is 2.98. The van der Waals surface area contributed by atoms with Gasteiger partial charge in [-0.1, -0.05) is 0 Å². The highest BCUT2D eigenvalue weighted by molar-refractivity contribution is 9.10. The summed E-state index contributed by atoms with van der Waals surface area (Å²) < 4.78 is 15.9. The van der Waals surface area contributed by atoms with Crippen LogP contribution < -0.4 is 4.74 Å². The molecule has 0 fully saturated rings. The Balaban J connectivity index is 1.88. The fraction of sp³-hybridized carbons (Fsp3) is 0.231. The molecule has 0 aliphatic carbocycles. The molecule has 0 radical (unpaired) electrons. The lowest BCUT2D eigenvalue weighted by Crippen LogP contribution is -2.10. The fourth-order valence-corrected chi connectivity index (χ4v) is 2.21. The molecular weight excluding hydrogens is 330 g/mol. The number of pyridine rings is 1. The van der Waals surface area contributed by atoms with Crippen molar-refractivity contribution in [2.75, 3.05) is 0 Å². The predicted molar refractivity (Wildman–Crippen MR) is 70.1 cm³/mol. The molecule has 3 heterocycles. The summed E-state index contributed by atoms with van der Waals surface area (Å²) in [6.07, 6.45) is -1.03. The minimum Gasteiger partial charge on any atom is -0.442 e. The van der Waals surface area contributed by atoms with Crippen LogP contribution in [0.1, 0.15) is 33.8 Å². The molecule has 7 heteroatoms. The SMILES string of the molecule is Cc1nc2c(cc1OC(=O)c1ccc(Br)o1)[C@@H](O)OC2. The van der Waals surface area contributed by atoms with Crippen LogP contribution in [0.4, 0.5) is 0 Å². The zero-order valence-corrected chi connectivity index (χ0v) is 12.0. The number of hydrogen-bond acceptors (Lipinski definition) is 6. The Bertz CT molecular complexity index is 681. The number of fused-ring (bicyclic) bond motifs is 1. The monoisotopic (exact) mass is 339 g/mol. The zero-order chi connectivity index (χ0) is 14.3. The Morgan fingerprint density at radius 2 is 2.35 bits per heavy atom. The lowest BCUT2D eigenvalue weighted by Gasteiger charge is -2.08. The number of aliphatic hydroxyl groups excluding tert-OH is 1. The molecule has 104 valence electrons. The highest BCUT2D eigenvalue weighted by atomic mass is 79.9. The number of carbonyl (C=O) groups excluding carboxylic acids is 1. The van der Waals surface area contributed by atoms with Gasteiger partial charge in [-0.05, 0) is 41.1 Å². The van der Waals surface area contributed by atoms with Gasteiger partial charge >= 0.3 is 5.97 Å². The second-order valence-electron chi connectivity index (χ2n) is 4.26. The Kier molecular flexibility index (Phi) is 3.33. The fourth-order valence-electron chi connectivity index (χ4n) is 1.91. The third-order valence-electron chi connectivity index (χ3n) is 2.90. The third kappa shape index (κ3) is 2.35. The van der Waals surface area contributed by atoms with Crippen LogP contribution in [0.3, 0.4) is 0 Å². The van der Waals surface area contributed by atoms with E-state index in [1.54, 1.807) is 19.1 Å². The lowest BCUT2D eigenvalue weighted by atomic mass is 10.2. The summed E-state index contributed by atoms with van der Waals surface area (Å²) in [5.41, 5.74) is 1.70. The van der Waals surface area contributed by atoms with Crippen molar-refractivity contribution in [3.8, 4) is 5.75 Å². The molecule has 0 unspecified atom stereocenters. The highest BCUT2D eigenvalue weighted by Crippen LogP contribution is 2.32. The first kappa shape index (κ1) is 13.3. The number of halogens is 1. The molecule has 0 saturated heterocycles. The van der Waals surface area contributed by atoms with E-state index >= 15 is 0 Å². The molecule has 6 nitrogen and oxygen atoms in total. The number of aromatic nitrogens is 1. The van der Waals surface area contributed by atoms with E-state index in [9.17, 15) is 9.90 Å². The van der Waals surface area contributed by atoms with Gasteiger partial charge in [0, 0.05) is 5.56 Å². The number of aryl methyl sites for hydroxylation is 1. The maximum Gasteiger partial charge on any atom is 0.379 e. The van der Waals surface area contributed by atoms with E-state index < -0.39 is 12.3 Å². The Morgan fingerprint density at radius 3 is 3.05 bits per heavy atom. The summed E-state index contributed by atoms with van der Waals surface area (Å²) in [4.78, 5) is 16.2. The second-order valence-corrected chi connectivity index (χ2v) is 5.05. The standard InChI is InChI=1S/C13H10BrNO5/c1-6-10(4-7-8(15-6)5-18-12(7)16)20-13(17)9-2-3-11(14)19-9/h2-4,12,16H,5H2,1H3/t12-/m0/s1. The van der Waals surface area contributed by atoms with Crippen molar-refractivity contribution in [3.63, 3.8) is 0 Å². The molecule has 1 aliphatic rings. The van der Waals surface area contributed by atoms with Gasteiger partial charge in [0.2, 0.25) is 5.76 Å². The number of furan rings is 1. The first-order valence-electron chi connectivity index (χ1n) is 5.82. The van der Waals surface area contributed by atoms with Crippen molar-refractivity contribution in [2.24, 2.45) is 0 Å². The van der Waals surface area contributed by atoms with Gasteiger partial charge in [-0.25, -0.2) is 4.79 Å². The first-order chi connectivity index (χ1) is 9.54. The molecule has 0 bridgehead atoms. The zero-order valence-electron chi connectivity index (χ0n) is 10.4.